The number of amides is 1. The van der Waals surface area contributed by atoms with Gasteiger partial charge in [-0.05, 0) is 24.3 Å². The number of thiophene rings is 2. The van der Waals surface area contributed by atoms with E-state index in [4.69, 9.17) is 4.98 Å². The van der Waals surface area contributed by atoms with Gasteiger partial charge in [-0.25, -0.2) is 4.98 Å². The van der Waals surface area contributed by atoms with Gasteiger partial charge >= 0.3 is 0 Å². The van der Waals surface area contributed by atoms with Crippen LogP contribution in [0.1, 0.15) is 32.1 Å². The van der Waals surface area contributed by atoms with Gasteiger partial charge in [0.15, 0.2) is 5.16 Å². The maximum atomic E-state index is 13.4. The van der Waals surface area contributed by atoms with Gasteiger partial charge in [0.05, 0.1) is 17.2 Å². The molecular formula is C23H24N4O2S3. The molecular weight excluding hydrogens is 460 g/mol. The number of allylic oxidation sites excluding steroid dienone is 1. The van der Waals surface area contributed by atoms with E-state index in [1.807, 2.05) is 22.9 Å². The van der Waals surface area contributed by atoms with Crippen LogP contribution in [0.25, 0.3) is 20.7 Å². The van der Waals surface area contributed by atoms with Gasteiger partial charge in [-0.3, -0.25) is 14.2 Å². The molecule has 0 aliphatic heterocycles. The number of rotatable bonds is 7. The number of nitrogens with zero attached hydrogens (tertiary/aromatic N) is 4. The Morgan fingerprint density at radius 2 is 2.19 bits per heavy atom. The topological polar surface area (TPSA) is 79.0 Å². The Bertz CT molecular complexity index is 1230. The molecule has 1 amide bonds. The molecule has 0 radical (unpaired) electrons. The predicted octanol–water partition coefficient (Wildman–Crippen LogP) is 5.15. The van der Waals surface area contributed by atoms with Gasteiger partial charge in [0.1, 0.15) is 10.4 Å². The molecule has 32 heavy (non-hydrogen) atoms. The third kappa shape index (κ3) is 4.15. The van der Waals surface area contributed by atoms with Gasteiger partial charge in [-0.15, -0.1) is 29.3 Å². The first-order valence-corrected chi connectivity index (χ1v) is 13.2. The van der Waals surface area contributed by atoms with Gasteiger partial charge in [0, 0.05) is 29.4 Å². The SMILES string of the molecule is C=CCn1c(SCC(=O)N(C)C2(C#N)CCCCC2)nc2scc(-c3cccs3)c2c1=O. The fourth-order valence-corrected chi connectivity index (χ4v) is 6.87. The standard InChI is InChI=1S/C23H24N4O2S3/c1-3-11-27-21(29)19-16(17-8-7-12-30-17)13-31-20(19)25-22(27)32-14-18(28)26(2)23(15-24)9-5-4-6-10-23/h3,7-8,12-13H,1,4-6,9-11,14H2,2H3. The Morgan fingerprint density at radius 1 is 1.41 bits per heavy atom. The van der Waals surface area contributed by atoms with Crippen LogP contribution in [0.3, 0.4) is 0 Å². The van der Waals surface area contributed by atoms with Crippen molar-refractivity contribution in [2.45, 2.75) is 49.3 Å². The van der Waals surface area contributed by atoms with Gasteiger partial charge in [0.2, 0.25) is 5.91 Å². The minimum Gasteiger partial charge on any atom is -0.326 e. The maximum absolute atomic E-state index is 13.4. The summed E-state index contributed by atoms with van der Waals surface area (Å²) in [5.74, 6) is 0.00134. The summed E-state index contributed by atoms with van der Waals surface area (Å²) < 4.78 is 1.58. The van der Waals surface area contributed by atoms with Crippen LogP contribution in [-0.2, 0) is 11.3 Å². The van der Waals surface area contributed by atoms with Crippen molar-refractivity contribution >= 4 is 50.6 Å². The van der Waals surface area contributed by atoms with Crippen molar-refractivity contribution in [3.63, 3.8) is 0 Å². The molecule has 0 bridgehead atoms. The zero-order chi connectivity index (χ0) is 22.7. The minimum absolute atomic E-state index is 0.122. The number of hydrogen-bond acceptors (Lipinski definition) is 7. The van der Waals surface area contributed by atoms with Crippen LogP contribution in [0.4, 0.5) is 0 Å². The van der Waals surface area contributed by atoms with E-state index >= 15 is 0 Å². The van der Waals surface area contributed by atoms with Gasteiger partial charge in [-0.2, -0.15) is 5.26 Å². The summed E-state index contributed by atoms with van der Waals surface area (Å²) in [6.45, 7) is 4.10. The van der Waals surface area contributed by atoms with Crippen LogP contribution in [0, 0.1) is 11.3 Å². The van der Waals surface area contributed by atoms with Gasteiger partial charge < -0.3 is 4.90 Å². The lowest BCUT2D eigenvalue weighted by atomic mass is 9.81. The van der Waals surface area contributed by atoms with Crippen molar-refractivity contribution in [1.82, 2.24) is 14.5 Å². The van der Waals surface area contributed by atoms with Crippen molar-refractivity contribution in [3.8, 4) is 16.5 Å². The van der Waals surface area contributed by atoms with E-state index in [1.165, 1.54) is 23.1 Å². The largest absolute Gasteiger partial charge is 0.326 e. The van der Waals surface area contributed by atoms with Crippen LogP contribution in [0.15, 0.2) is 45.5 Å². The zero-order valence-electron chi connectivity index (χ0n) is 17.9. The van der Waals surface area contributed by atoms with Crippen LogP contribution in [0.5, 0.6) is 0 Å². The predicted molar refractivity (Wildman–Crippen MR) is 132 cm³/mol. The molecule has 4 rings (SSSR count). The average Bonchev–Trinajstić information content (AvgIpc) is 3.49. The molecule has 9 heteroatoms. The summed E-state index contributed by atoms with van der Waals surface area (Å²) in [5, 5.41) is 14.8. The molecule has 1 saturated carbocycles. The lowest BCUT2D eigenvalue weighted by Gasteiger charge is -2.39. The molecule has 0 aromatic carbocycles. The molecule has 6 nitrogen and oxygen atoms in total. The number of thioether (sulfide) groups is 1. The molecule has 0 atom stereocenters. The number of nitriles is 1. The molecule has 1 aliphatic carbocycles. The highest BCUT2D eigenvalue weighted by Crippen LogP contribution is 2.35. The second kappa shape index (κ2) is 9.61. The Balaban J connectivity index is 1.62. The van der Waals surface area contributed by atoms with Gasteiger partial charge in [0.25, 0.3) is 5.56 Å². The highest BCUT2D eigenvalue weighted by atomic mass is 32.2. The zero-order valence-corrected chi connectivity index (χ0v) is 20.3. The van der Waals surface area contributed by atoms with E-state index in [1.54, 1.807) is 33.9 Å². The summed E-state index contributed by atoms with van der Waals surface area (Å²) in [4.78, 5) is 34.4. The fraction of sp³-hybridized carbons (Fsp3) is 0.391. The molecule has 3 aromatic rings. The quantitative estimate of drug-likeness (QED) is 0.263. The first-order valence-electron chi connectivity index (χ1n) is 10.5. The van der Waals surface area contributed by atoms with E-state index < -0.39 is 5.54 Å². The molecule has 3 heterocycles. The van der Waals surface area contributed by atoms with Crippen molar-refractivity contribution < 1.29 is 4.79 Å². The number of fused-ring (bicyclic) bond motifs is 1. The van der Waals surface area contributed by atoms with Crippen molar-refractivity contribution in [2.24, 2.45) is 0 Å². The number of aromatic nitrogens is 2. The number of carbonyl (C=O) groups excluding carboxylic acids is 1. The minimum atomic E-state index is -0.725. The van der Waals surface area contributed by atoms with Crippen molar-refractivity contribution in [2.75, 3.05) is 12.8 Å². The highest BCUT2D eigenvalue weighted by molar-refractivity contribution is 7.99. The van der Waals surface area contributed by atoms with E-state index in [-0.39, 0.29) is 17.2 Å². The Labute approximate surface area is 199 Å². The van der Waals surface area contributed by atoms with Crippen LogP contribution >= 0.6 is 34.4 Å². The smallest absolute Gasteiger partial charge is 0.263 e. The van der Waals surface area contributed by atoms with Crippen LogP contribution in [-0.4, -0.2) is 38.7 Å². The molecule has 3 aromatic heterocycles. The summed E-state index contributed by atoms with van der Waals surface area (Å²) in [6.07, 6.45) is 6.11. The summed E-state index contributed by atoms with van der Waals surface area (Å²) in [7, 11) is 1.72. The van der Waals surface area contributed by atoms with E-state index in [0.29, 0.717) is 34.8 Å². The summed E-state index contributed by atoms with van der Waals surface area (Å²) >= 11 is 4.27. The second-order valence-corrected chi connectivity index (χ2v) is 10.6. The van der Waals surface area contributed by atoms with E-state index in [0.717, 1.165) is 29.7 Å². The molecule has 166 valence electrons. The lowest BCUT2D eigenvalue weighted by Crippen LogP contribution is -2.50. The Hall–Kier alpha value is -2.41. The van der Waals surface area contributed by atoms with Crippen LogP contribution < -0.4 is 5.56 Å². The third-order valence-electron chi connectivity index (χ3n) is 5.99. The molecule has 0 spiro atoms. The summed E-state index contributed by atoms with van der Waals surface area (Å²) in [5.41, 5.74) is 0.0526. The molecule has 0 unspecified atom stereocenters. The monoisotopic (exact) mass is 484 g/mol. The van der Waals surface area contributed by atoms with Crippen molar-refractivity contribution in [3.05, 3.63) is 45.9 Å². The molecule has 1 aliphatic rings. The van der Waals surface area contributed by atoms with E-state index in [9.17, 15) is 14.9 Å². The molecule has 1 fully saturated rings. The first kappa shape index (κ1) is 22.8. The summed E-state index contributed by atoms with van der Waals surface area (Å²) in [6, 6.07) is 6.35. The second-order valence-electron chi connectivity index (χ2n) is 7.85. The average molecular weight is 485 g/mol. The Kier molecular flexibility index (Phi) is 6.84. The molecule has 0 N–H and O–H groups in total. The number of carbonyl (C=O) groups is 1. The normalized spacial score (nSPS) is 15.4. The lowest BCUT2D eigenvalue weighted by molar-refractivity contribution is -0.131. The number of hydrogen-bond donors (Lipinski definition) is 0. The first-order chi connectivity index (χ1) is 15.5. The van der Waals surface area contributed by atoms with Crippen molar-refractivity contribution in [1.29, 1.82) is 5.26 Å². The third-order valence-corrected chi connectivity index (χ3v) is 8.72. The van der Waals surface area contributed by atoms with Gasteiger partial charge in [-0.1, -0.05) is 43.2 Å². The maximum Gasteiger partial charge on any atom is 0.263 e. The van der Waals surface area contributed by atoms with Crippen LogP contribution in [0.2, 0.25) is 0 Å². The Morgan fingerprint density at radius 3 is 2.84 bits per heavy atom. The molecule has 0 saturated heterocycles. The highest BCUT2D eigenvalue weighted by Gasteiger charge is 2.38. The fourth-order valence-electron chi connectivity index (χ4n) is 4.14. The van der Waals surface area contributed by atoms with E-state index in [2.05, 4.69) is 12.6 Å².